The average molecular weight is 370 g/mol. The minimum Gasteiger partial charge on any atom is -0.443 e. The molecule has 0 saturated carbocycles. The minimum atomic E-state index is -0.151. The number of aromatic nitrogens is 1. The van der Waals surface area contributed by atoms with Crippen LogP contribution in [-0.4, -0.2) is 37.1 Å². The van der Waals surface area contributed by atoms with Crippen LogP contribution in [0.1, 0.15) is 11.3 Å². The summed E-state index contributed by atoms with van der Waals surface area (Å²) in [4.78, 5) is 21.3. The van der Waals surface area contributed by atoms with E-state index >= 15 is 0 Å². The van der Waals surface area contributed by atoms with Crippen LogP contribution in [0.4, 0.5) is 10.5 Å². The second-order valence-electron chi connectivity index (χ2n) is 6.20. The highest BCUT2D eigenvalue weighted by Gasteiger charge is 2.12. The maximum atomic E-state index is 12.3. The highest BCUT2D eigenvalue weighted by Crippen LogP contribution is 2.23. The molecule has 1 N–H and O–H groups in total. The van der Waals surface area contributed by atoms with Crippen LogP contribution in [0.3, 0.4) is 0 Å². The summed E-state index contributed by atoms with van der Waals surface area (Å²) in [5.74, 6) is 0.582. The summed E-state index contributed by atoms with van der Waals surface area (Å²) in [7, 11) is 5.78. The molecule has 0 radical (unpaired) electrons. The van der Waals surface area contributed by atoms with Crippen molar-refractivity contribution in [2.45, 2.75) is 13.1 Å². The van der Waals surface area contributed by atoms with E-state index in [0.29, 0.717) is 24.7 Å². The Labute approximate surface area is 157 Å². The molecule has 6 nitrogen and oxygen atoms in total. The number of thiophene rings is 1. The van der Waals surface area contributed by atoms with Crippen molar-refractivity contribution in [3.63, 3.8) is 0 Å². The van der Waals surface area contributed by atoms with Crippen molar-refractivity contribution in [3.05, 3.63) is 59.3 Å². The molecule has 2 amide bonds. The van der Waals surface area contributed by atoms with Gasteiger partial charge in [0.25, 0.3) is 0 Å². The highest BCUT2D eigenvalue weighted by atomic mass is 32.1. The standard InChI is InChI=1S/C19H22N4O2S/c1-22(2)16-8-6-14(7-9-16)12-23(3)19(24)20-11-15-13-25-18(21-15)17-5-4-10-26-17/h4-10,13H,11-12H2,1-3H3,(H,20,24). The Morgan fingerprint density at radius 2 is 1.96 bits per heavy atom. The van der Waals surface area contributed by atoms with Gasteiger partial charge in [0.1, 0.15) is 6.26 Å². The SMILES string of the molecule is CN(Cc1ccc(N(C)C)cc1)C(=O)NCc1coc(-c2cccs2)n1. The van der Waals surface area contributed by atoms with Crippen LogP contribution in [0.25, 0.3) is 10.8 Å². The smallest absolute Gasteiger partial charge is 0.317 e. The maximum Gasteiger partial charge on any atom is 0.317 e. The van der Waals surface area contributed by atoms with Crippen molar-refractivity contribution >= 4 is 23.1 Å². The number of carbonyl (C=O) groups excluding carboxylic acids is 1. The Kier molecular flexibility index (Phi) is 5.58. The maximum absolute atomic E-state index is 12.3. The summed E-state index contributed by atoms with van der Waals surface area (Å²) in [6.45, 7) is 0.871. The summed E-state index contributed by atoms with van der Waals surface area (Å²) in [5, 5.41) is 4.84. The van der Waals surface area contributed by atoms with Crippen molar-refractivity contribution < 1.29 is 9.21 Å². The third-order valence-electron chi connectivity index (χ3n) is 3.92. The predicted molar refractivity (Wildman–Crippen MR) is 104 cm³/mol. The van der Waals surface area contributed by atoms with E-state index < -0.39 is 0 Å². The molecule has 7 heteroatoms. The number of hydrogen-bond donors (Lipinski definition) is 1. The number of amides is 2. The van der Waals surface area contributed by atoms with E-state index in [-0.39, 0.29) is 6.03 Å². The summed E-state index contributed by atoms with van der Waals surface area (Å²) in [5.41, 5.74) is 2.91. The fourth-order valence-electron chi connectivity index (χ4n) is 2.45. The monoisotopic (exact) mass is 370 g/mol. The van der Waals surface area contributed by atoms with Gasteiger partial charge in [-0.2, -0.15) is 0 Å². The first-order chi connectivity index (χ1) is 12.5. The van der Waals surface area contributed by atoms with Gasteiger partial charge in [-0.25, -0.2) is 9.78 Å². The quantitative estimate of drug-likeness (QED) is 0.717. The van der Waals surface area contributed by atoms with Crippen LogP contribution in [0.5, 0.6) is 0 Å². The van der Waals surface area contributed by atoms with E-state index in [9.17, 15) is 4.79 Å². The number of nitrogens with one attached hydrogen (secondary N) is 1. The van der Waals surface area contributed by atoms with Gasteiger partial charge in [-0.3, -0.25) is 0 Å². The third kappa shape index (κ3) is 4.43. The summed E-state index contributed by atoms with van der Waals surface area (Å²) in [6, 6.07) is 11.9. The topological polar surface area (TPSA) is 61.6 Å². The molecule has 3 rings (SSSR count). The fourth-order valence-corrected chi connectivity index (χ4v) is 3.10. The molecular formula is C19H22N4O2S. The number of oxazole rings is 1. The highest BCUT2D eigenvalue weighted by molar-refractivity contribution is 7.13. The molecule has 0 aliphatic heterocycles. The van der Waals surface area contributed by atoms with Crippen LogP contribution in [0.15, 0.2) is 52.5 Å². The van der Waals surface area contributed by atoms with Gasteiger partial charge in [0.15, 0.2) is 0 Å². The number of hydrogen-bond acceptors (Lipinski definition) is 5. The number of carbonyl (C=O) groups is 1. The van der Waals surface area contributed by atoms with Crippen LogP contribution in [0, 0.1) is 0 Å². The lowest BCUT2D eigenvalue weighted by Crippen LogP contribution is -2.36. The van der Waals surface area contributed by atoms with Gasteiger partial charge in [-0.15, -0.1) is 11.3 Å². The average Bonchev–Trinajstić information content (AvgIpc) is 3.31. The molecular weight excluding hydrogens is 348 g/mol. The molecule has 1 aromatic carbocycles. The molecule has 0 unspecified atom stereocenters. The Morgan fingerprint density at radius 1 is 1.19 bits per heavy atom. The number of urea groups is 1. The zero-order chi connectivity index (χ0) is 18.5. The summed E-state index contributed by atoms with van der Waals surface area (Å²) >= 11 is 1.57. The summed E-state index contributed by atoms with van der Waals surface area (Å²) < 4.78 is 5.46. The molecule has 2 heterocycles. The molecule has 0 atom stereocenters. The molecule has 0 aliphatic rings. The molecule has 26 heavy (non-hydrogen) atoms. The second-order valence-corrected chi connectivity index (χ2v) is 7.14. The minimum absolute atomic E-state index is 0.151. The van der Waals surface area contributed by atoms with Crippen molar-refractivity contribution in [2.75, 3.05) is 26.0 Å². The molecule has 0 aliphatic carbocycles. The molecule has 0 fully saturated rings. The van der Waals surface area contributed by atoms with E-state index in [2.05, 4.69) is 10.3 Å². The third-order valence-corrected chi connectivity index (χ3v) is 4.78. The zero-order valence-electron chi connectivity index (χ0n) is 15.1. The van der Waals surface area contributed by atoms with Crippen LogP contribution >= 0.6 is 11.3 Å². The van der Waals surface area contributed by atoms with E-state index in [4.69, 9.17) is 4.42 Å². The van der Waals surface area contributed by atoms with Crippen LogP contribution < -0.4 is 10.2 Å². The van der Waals surface area contributed by atoms with Gasteiger partial charge in [-0.05, 0) is 29.1 Å². The largest absolute Gasteiger partial charge is 0.443 e. The first kappa shape index (κ1) is 18.0. The fraction of sp³-hybridized carbons (Fsp3) is 0.263. The van der Waals surface area contributed by atoms with Gasteiger partial charge in [0.05, 0.1) is 17.1 Å². The first-order valence-corrected chi connectivity index (χ1v) is 9.14. The second kappa shape index (κ2) is 8.05. The van der Waals surface area contributed by atoms with E-state index in [1.807, 2.05) is 60.8 Å². The zero-order valence-corrected chi connectivity index (χ0v) is 15.9. The molecule has 3 aromatic rings. The van der Waals surface area contributed by atoms with E-state index in [0.717, 1.165) is 16.1 Å². The van der Waals surface area contributed by atoms with Gasteiger partial charge in [0.2, 0.25) is 5.89 Å². The Balaban J connectivity index is 1.51. The van der Waals surface area contributed by atoms with E-state index in [1.165, 1.54) is 0 Å². The lowest BCUT2D eigenvalue weighted by Gasteiger charge is -2.18. The number of benzene rings is 1. The molecule has 0 spiro atoms. The van der Waals surface area contributed by atoms with Crippen molar-refractivity contribution in [2.24, 2.45) is 0 Å². The molecule has 136 valence electrons. The number of rotatable bonds is 6. The number of nitrogens with zero attached hydrogens (tertiary/aromatic N) is 3. The molecule has 0 bridgehead atoms. The van der Waals surface area contributed by atoms with Gasteiger partial charge in [-0.1, -0.05) is 18.2 Å². The Morgan fingerprint density at radius 3 is 2.62 bits per heavy atom. The number of anilines is 1. The van der Waals surface area contributed by atoms with Crippen LogP contribution in [0.2, 0.25) is 0 Å². The van der Waals surface area contributed by atoms with Crippen molar-refractivity contribution in [3.8, 4) is 10.8 Å². The Hall–Kier alpha value is -2.80. The van der Waals surface area contributed by atoms with Crippen molar-refractivity contribution in [1.82, 2.24) is 15.2 Å². The van der Waals surface area contributed by atoms with Crippen molar-refractivity contribution in [1.29, 1.82) is 0 Å². The lowest BCUT2D eigenvalue weighted by molar-refractivity contribution is 0.206. The van der Waals surface area contributed by atoms with Gasteiger partial charge < -0.3 is 19.5 Å². The normalized spacial score (nSPS) is 10.6. The molecule has 2 aromatic heterocycles. The Bertz CT molecular complexity index is 841. The molecule has 0 saturated heterocycles. The summed E-state index contributed by atoms with van der Waals surface area (Å²) in [6.07, 6.45) is 1.58. The van der Waals surface area contributed by atoms with E-state index in [1.54, 1.807) is 29.5 Å². The lowest BCUT2D eigenvalue weighted by atomic mass is 10.2. The van der Waals surface area contributed by atoms with Crippen LogP contribution in [-0.2, 0) is 13.1 Å². The van der Waals surface area contributed by atoms with Gasteiger partial charge >= 0.3 is 6.03 Å². The van der Waals surface area contributed by atoms with Gasteiger partial charge in [0, 0.05) is 33.4 Å². The predicted octanol–water partition coefficient (Wildman–Crippen LogP) is 3.81. The first-order valence-electron chi connectivity index (χ1n) is 8.26.